The number of hydrogen-bond acceptors (Lipinski definition) is 6. The zero-order chi connectivity index (χ0) is 23.0. The first kappa shape index (κ1) is 21.1. The number of carbonyl (C=O) groups excluding carboxylic acids is 2. The topological polar surface area (TPSA) is 105 Å². The Hall–Kier alpha value is -4.10. The van der Waals surface area contributed by atoms with Crippen molar-refractivity contribution in [2.24, 2.45) is 5.10 Å². The second-order valence-electron chi connectivity index (χ2n) is 7.88. The molecule has 1 atom stereocenters. The van der Waals surface area contributed by atoms with Crippen molar-refractivity contribution in [2.75, 3.05) is 14.1 Å². The largest absolute Gasteiger partial charge is 0.872 e. The van der Waals surface area contributed by atoms with Crippen LogP contribution in [-0.2, 0) is 11.3 Å². The highest BCUT2D eigenvalue weighted by Crippen LogP contribution is 2.20. The van der Waals surface area contributed by atoms with E-state index < -0.39 is 12.1 Å². The number of nitrogens with zero attached hydrogens (tertiary/aromatic N) is 5. The minimum Gasteiger partial charge on any atom is -0.872 e. The van der Waals surface area contributed by atoms with Crippen molar-refractivity contribution in [2.45, 2.75) is 26.4 Å². The van der Waals surface area contributed by atoms with E-state index in [9.17, 15) is 14.7 Å². The third-order valence-corrected chi connectivity index (χ3v) is 5.60. The van der Waals surface area contributed by atoms with E-state index in [0.29, 0.717) is 24.1 Å². The predicted octanol–water partition coefficient (Wildman–Crippen LogP) is 0.612. The molecule has 0 radical (unpaired) electrons. The number of imide groups is 1. The molecule has 1 unspecified atom stereocenters. The van der Waals surface area contributed by atoms with E-state index in [1.807, 2.05) is 31.2 Å². The highest BCUT2D eigenvalue weighted by atomic mass is 16.3. The van der Waals surface area contributed by atoms with Crippen molar-refractivity contribution in [3.05, 3.63) is 65.2 Å². The van der Waals surface area contributed by atoms with E-state index in [2.05, 4.69) is 15.2 Å². The summed E-state index contributed by atoms with van der Waals surface area (Å²) in [7, 11) is 3.07. The van der Waals surface area contributed by atoms with Crippen LogP contribution >= 0.6 is 0 Å². The van der Waals surface area contributed by atoms with E-state index in [-0.39, 0.29) is 11.7 Å². The Morgan fingerprint density at radius 2 is 1.72 bits per heavy atom. The summed E-state index contributed by atoms with van der Waals surface area (Å²) < 4.78 is 4.55. The summed E-state index contributed by atoms with van der Waals surface area (Å²) in [5.74, 6) is 0.308. The van der Waals surface area contributed by atoms with Gasteiger partial charge in [-0.2, -0.15) is 5.43 Å². The van der Waals surface area contributed by atoms with Gasteiger partial charge < -0.3 is 5.11 Å². The van der Waals surface area contributed by atoms with Crippen LogP contribution in [0.15, 0.2) is 53.6 Å². The van der Waals surface area contributed by atoms with Crippen LogP contribution in [0.3, 0.4) is 0 Å². The number of rotatable bonds is 4. The number of hydrogen-bond donors (Lipinski definition) is 1. The molecule has 164 valence electrons. The van der Waals surface area contributed by atoms with Crippen LogP contribution in [0.1, 0.15) is 23.6 Å². The molecular formula is C23H24N6O3. The van der Waals surface area contributed by atoms with E-state index in [1.165, 1.54) is 24.1 Å². The summed E-state index contributed by atoms with van der Waals surface area (Å²) in [5, 5.41) is 15.8. The molecule has 2 aliphatic heterocycles. The number of urea groups is 1. The molecule has 9 nitrogen and oxygen atoms in total. The maximum Gasteiger partial charge on any atom is 0.421 e. The van der Waals surface area contributed by atoms with Gasteiger partial charge in [0.25, 0.3) is 5.91 Å². The first-order chi connectivity index (χ1) is 15.3. The van der Waals surface area contributed by atoms with Gasteiger partial charge in [0.1, 0.15) is 0 Å². The summed E-state index contributed by atoms with van der Waals surface area (Å²) in [6.45, 7) is 4.22. The number of aryl methyl sites for hydroxylation is 1. The number of amidine groups is 1. The highest BCUT2D eigenvalue weighted by Gasteiger charge is 2.54. The number of likely N-dealkylation sites (N-methyl/N-ethyl adjacent to an activating group) is 2. The molecule has 2 heterocycles. The molecule has 0 saturated carbocycles. The molecule has 2 aromatic carbocycles. The standard InChI is InChI=1S/C23H24N6O3/c1-14-5-7-16(8-6-14)13-29-19-20(27(3)23(32)28(4)21(19)31)24-22(29)26-25-15(2)17-9-11-18(30)12-10-17/h5-12,19H,13H2,1-4H3,(H,25,30). The summed E-state index contributed by atoms with van der Waals surface area (Å²) in [6.07, 6.45) is 0. The summed E-state index contributed by atoms with van der Waals surface area (Å²) in [4.78, 5) is 29.7. The van der Waals surface area contributed by atoms with Crippen LogP contribution in [0.5, 0.6) is 5.75 Å². The molecule has 9 heteroatoms. The van der Waals surface area contributed by atoms with Crippen molar-refractivity contribution >= 4 is 29.4 Å². The summed E-state index contributed by atoms with van der Waals surface area (Å²) >= 11 is 0. The minimum atomic E-state index is -0.734. The van der Waals surface area contributed by atoms with Crippen LogP contribution < -0.4 is 15.2 Å². The second-order valence-corrected chi connectivity index (χ2v) is 7.88. The molecule has 3 amide bonds. The normalized spacial score (nSPS) is 18.6. The summed E-state index contributed by atoms with van der Waals surface area (Å²) in [5.41, 5.74) is 6.52. The third-order valence-electron chi connectivity index (χ3n) is 5.60. The molecule has 2 aliphatic rings. The molecule has 0 aliphatic carbocycles. The lowest BCUT2D eigenvalue weighted by Crippen LogP contribution is -2.63. The quantitative estimate of drug-likeness (QED) is 0.433. The number of nitrogens with one attached hydrogen (secondary N) is 1. The number of hydrazone groups is 1. The first-order valence-electron chi connectivity index (χ1n) is 10.2. The SMILES string of the molecule is C/C(=N\NC1=[N+]=C2C(C(=O)N(C)C(=O)N2C)N1Cc1ccc(C)cc1)c1ccc([O-])cc1. The zero-order valence-corrected chi connectivity index (χ0v) is 18.4. The van der Waals surface area contributed by atoms with Gasteiger partial charge in [-0.25, -0.2) is 19.3 Å². The van der Waals surface area contributed by atoms with Crippen molar-refractivity contribution < 1.29 is 14.7 Å². The third kappa shape index (κ3) is 3.81. The van der Waals surface area contributed by atoms with E-state index in [1.54, 1.807) is 31.0 Å². The van der Waals surface area contributed by atoms with E-state index in [0.717, 1.165) is 21.6 Å². The lowest BCUT2D eigenvalue weighted by atomic mass is 10.1. The Balaban J connectivity index is 1.67. The van der Waals surface area contributed by atoms with Crippen molar-refractivity contribution in [3.63, 3.8) is 0 Å². The first-order valence-corrected chi connectivity index (χ1v) is 10.2. The van der Waals surface area contributed by atoms with Crippen LogP contribution in [-0.4, -0.2) is 64.3 Å². The smallest absolute Gasteiger partial charge is 0.421 e. The van der Waals surface area contributed by atoms with Gasteiger partial charge in [-0.15, -0.1) is 10.9 Å². The molecule has 1 N–H and O–H groups in total. The van der Waals surface area contributed by atoms with Crippen molar-refractivity contribution in [1.29, 1.82) is 0 Å². The van der Waals surface area contributed by atoms with Gasteiger partial charge in [0.05, 0.1) is 19.3 Å². The maximum atomic E-state index is 13.0. The monoisotopic (exact) mass is 432 g/mol. The Kier molecular flexibility index (Phi) is 5.42. The molecule has 2 aromatic rings. The lowest BCUT2D eigenvalue weighted by Gasteiger charge is -2.31. The molecule has 0 spiro atoms. The van der Waals surface area contributed by atoms with E-state index in [4.69, 9.17) is 0 Å². The average molecular weight is 432 g/mol. The second kappa shape index (κ2) is 8.20. The van der Waals surface area contributed by atoms with Crippen LogP contribution in [0, 0.1) is 6.92 Å². The highest BCUT2D eigenvalue weighted by molar-refractivity contribution is 6.23. The Labute approximate surface area is 186 Å². The molecule has 0 bridgehead atoms. The van der Waals surface area contributed by atoms with Crippen molar-refractivity contribution in [1.82, 2.24) is 24.8 Å². The van der Waals surface area contributed by atoms with E-state index >= 15 is 0 Å². The number of carbonyl (C=O) groups is 2. The fourth-order valence-electron chi connectivity index (χ4n) is 3.64. The average Bonchev–Trinajstić information content (AvgIpc) is 3.15. The van der Waals surface area contributed by atoms with Crippen LogP contribution in [0.4, 0.5) is 4.79 Å². The van der Waals surface area contributed by atoms with Crippen LogP contribution in [0.2, 0.25) is 0 Å². The summed E-state index contributed by atoms with van der Waals surface area (Å²) in [6, 6.07) is 13.2. The molecule has 32 heavy (non-hydrogen) atoms. The van der Waals surface area contributed by atoms with Gasteiger partial charge >= 0.3 is 17.8 Å². The lowest BCUT2D eigenvalue weighted by molar-refractivity contribution is -0.268. The number of benzene rings is 2. The predicted molar refractivity (Wildman–Crippen MR) is 120 cm³/mol. The van der Waals surface area contributed by atoms with Gasteiger partial charge in [-0.1, -0.05) is 54.1 Å². The molecule has 1 fully saturated rings. The number of guanidine groups is 1. The number of fused-ring (bicyclic) bond motifs is 1. The van der Waals surface area contributed by atoms with Gasteiger partial charge in [-0.05, 0) is 25.0 Å². The molecular weight excluding hydrogens is 408 g/mol. The van der Waals surface area contributed by atoms with Gasteiger partial charge in [-0.3, -0.25) is 9.69 Å². The Morgan fingerprint density at radius 1 is 1.06 bits per heavy atom. The van der Waals surface area contributed by atoms with Gasteiger partial charge in [0.2, 0.25) is 6.04 Å². The maximum absolute atomic E-state index is 13.0. The van der Waals surface area contributed by atoms with Crippen LogP contribution in [0.25, 0.3) is 0 Å². The van der Waals surface area contributed by atoms with Crippen molar-refractivity contribution in [3.8, 4) is 5.75 Å². The Morgan fingerprint density at radius 3 is 2.38 bits per heavy atom. The molecule has 4 rings (SSSR count). The van der Waals surface area contributed by atoms with Gasteiger partial charge in [0, 0.05) is 7.05 Å². The van der Waals surface area contributed by atoms with Gasteiger partial charge in [0.15, 0.2) is 0 Å². The fraction of sp³-hybridized carbons (Fsp3) is 0.261. The number of amides is 3. The Bertz CT molecular complexity index is 1160. The zero-order valence-electron chi connectivity index (χ0n) is 18.4. The molecule has 1 saturated heterocycles. The molecule has 0 aromatic heterocycles. The fourth-order valence-corrected chi connectivity index (χ4v) is 3.64. The minimum absolute atomic E-state index is 0.0743.